The predicted octanol–water partition coefficient (Wildman–Crippen LogP) is 3.84. The fraction of sp³-hybridized carbons (Fsp3) is 0.238. The van der Waals surface area contributed by atoms with Gasteiger partial charge in [-0.15, -0.1) is 0 Å². The van der Waals surface area contributed by atoms with E-state index in [1.54, 1.807) is 24.2 Å². The van der Waals surface area contributed by atoms with E-state index in [1.807, 2.05) is 38.1 Å². The number of hydrogen-bond donors (Lipinski definition) is 0. The lowest BCUT2D eigenvalue weighted by atomic mass is 10.0. The molecule has 138 valence electrons. The first-order valence-corrected chi connectivity index (χ1v) is 8.74. The molecule has 1 amide bonds. The zero-order valence-corrected chi connectivity index (χ0v) is 15.6. The van der Waals surface area contributed by atoms with Crippen LogP contribution in [-0.2, 0) is 11.2 Å². The number of carbonyl (C=O) groups is 2. The average Bonchev–Trinajstić information content (AvgIpc) is 3.19. The van der Waals surface area contributed by atoms with Crippen molar-refractivity contribution in [3.05, 3.63) is 66.1 Å². The number of nitrogens with zero attached hydrogens (tertiary/aromatic N) is 3. The highest BCUT2D eigenvalue weighted by Gasteiger charge is 2.13. The molecule has 0 spiro atoms. The monoisotopic (exact) mass is 363 g/mol. The summed E-state index contributed by atoms with van der Waals surface area (Å²) in [4.78, 5) is 34.0. The molecule has 0 radical (unpaired) electrons. The average molecular weight is 363 g/mol. The second-order valence-electron chi connectivity index (χ2n) is 6.26. The Morgan fingerprint density at radius 3 is 2.56 bits per heavy atom. The van der Waals surface area contributed by atoms with Gasteiger partial charge in [-0.05, 0) is 36.2 Å². The van der Waals surface area contributed by atoms with Crippen LogP contribution in [-0.4, -0.2) is 28.7 Å². The number of oxazole rings is 1. The van der Waals surface area contributed by atoms with E-state index in [2.05, 4.69) is 9.97 Å². The van der Waals surface area contributed by atoms with E-state index >= 15 is 0 Å². The van der Waals surface area contributed by atoms with Crippen molar-refractivity contribution in [2.24, 2.45) is 0 Å². The molecule has 3 aromatic rings. The van der Waals surface area contributed by atoms with Crippen molar-refractivity contribution in [2.75, 3.05) is 11.9 Å². The Morgan fingerprint density at radius 1 is 1.15 bits per heavy atom. The van der Waals surface area contributed by atoms with Crippen LogP contribution in [0.25, 0.3) is 11.1 Å². The number of rotatable bonds is 6. The summed E-state index contributed by atoms with van der Waals surface area (Å²) in [6.07, 6.45) is 5.19. The lowest BCUT2D eigenvalue weighted by Crippen LogP contribution is -2.25. The first-order chi connectivity index (χ1) is 13.0. The fourth-order valence-electron chi connectivity index (χ4n) is 2.85. The third-order valence-electron chi connectivity index (χ3n) is 4.43. The van der Waals surface area contributed by atoms with Gasteiger partial charge >= 0.3 is 0 Å². The Balaban J connectivity index is 1.78. The predicted molar refractivity (Wildman–Crippen MR) is 103 cm³/mol. The maximum atomic E-state index is 12.2. The molecule has 0 atom stereocenters. The summed E-state index contributed by atoms with van der Waals surface area (Å²) in [5, 5.41) is 0. The van der Waals surface area contributed by atoms with Gasteiger partial charge in [0.15, 0.2) is 5.78 Å². The SMILES string of the molecule is CCC(=O)N(C)c1ccc(-c2ccc(C(=O)Cc3ncco3)nc2)c(C)c1. The van der Waals surface area contributed by atoms with E-state index < -0.39 is 0 Å². The van der Waals surface area contributed by atoms with E-state index in [0.29, 0.717) is 18.0 Å². The molecule has 0 aliphatic heterocycles. The van der Waals surface area contributed by atoms with Gasteiger partial charge in [0.25, 0.3) is 0 Å². The van der Waals surface area contributed by atoms with Gasteiger partial charge in [-0.2, -0.15) is 0 Å². The molecule has 1 aromatic carbocycles. The van der Waals surface area contributed by atoms with Crippen molar-refractivity contribution in [1.29, 1.82) is 0 Å². The summed E-state index contributed by atoms with van der Waals surface area (Å²) in [5.74, 6) is 0.302. The van der Waals surface area contributed by atoms with E-state index in [9.17, 15) is 9.59 Å². The first kappa shape index (κ1) is 18.5. The Hall–Kier alpha value is -3.28. The molecule has 27 heavy (non-hydrogen) atoms. The van der Waals surface area contributed by atoms with Crippen LogP contribution >= 0.6 is 0 Å². The maximum Gasteiger partial charge on any atom is 0.226 e. The number of ketones is 1. The van der Waals surface area contributed by atoms with Crippen molar-refractivity contribution in [3.63, 3.8) is 0 Å². The third kappa shape index (κ3) is 4.11. The number of aryl methyl sites for hydroxylation is 1. The first-order valence-electron chi connectivity index (χ1n) is 8.74. The lowest BCUT2D eigenvalue weighted by molar-refractivity contribution is -0.118. The Kier molecular flexibility index (Phi) is 5.45. The van der Waals surface area contributed by atoms with E-state index in [1.165, 1.54) is 12.5 Å². The summed E-state index contributed by atoms with van der Waals surface area (Å²) < 4.78 is 5.10. The van der Waals surface area contributed by atoms with Crippen LogP contribution in [0, 0.1) is 6.92 Å². The topological polar surface area (TPSA) is 76.3 Å². The Labute approximate surface area is 157 Å². The summed E-state index contributed by atoms with van der Waals surface area (Å²) in [5.41, 5.74) is 4.18. The molecule has 0 aliphatic carbocycles. The summed E-state index contributed by atoms with van der Waals surface area (Å²) >= 11 is 0. The molecule has 0 N–H and O–H groups in total. The van der Waals surface area contributed by atoms with Crippen molar-refractivity contribution in [1.82, 2.24) is 9.97 Å². The molecule has 3 rings (SSSR count). The molecular weight excluding hydrogens is 342 g/mol. The normalized spacial score (nSPS) is 10.6. The Morgan fingerprint density at radius 2 is 1.96 bits per heavy atom. The molecule has 6 heteroatoms. The van der Waals surface area contributed by atoms with Gasteiger partial charge in [-0.25, -0.2) is 4.98 Å². The molecule has 0 fully saturated rings. The van der Waals surface area contributed by atoms with Gasteiger partial charge in [0, 0.05) is 30.9 Å². The second kappa shape index (κ2) is 7.95. The molecule has 6 nitrogen and oxygen atoms in total. The van der Waals surface area contributed by atoms with Crippen LogP contribution in [0.2, 0.25) is 0 Å². The standard InChI is InChI=1S/C21H21N3O3/c1-4-21(26)24(3)16-6-7-17(14(2)11-16)15-5-8-18(23-13-15)19(25)12-20-22-9-10-27-20/h5-11,13H,4,12H2,1-3H3. The van der Waals surface area contributed by atoms with Gasteiger partial charge in [0.1, 0.15) is 12.0 Å². The molecule has 2 heterocycles. The number of pyridine rings is 1. The number of hydrogen-bond acceptors (Lipinski definition) is 5. The molecule has 0 unspecified atom stereocenters. The van der Waals surface area contributed by atoms with Crippen LogP contribution in [0.1, 0.15) is 35.3 Å². The van der Waals surface area contributed by atoms with Crippen LogP contribution in [0.5, 0.6) is 0 Å². The zero-order valence-electron chi connectivity index (χ0n) is 15.6. The highest BCUT2D eigenvalue weighted by Crippen LogP contribution is 2.27. The summed E-state index contributed by atoms with van der Waals surface area (Å²) in [6, 6.07) is 9.44. The van der Waals surface area contributed by atoms with Crippen LogP contribution < -0.4 is 4.90 Å². The van der Waals surface area contributed by atoms with E-state index in [4.69, 9.17) is 4.42 Å². The molecular formula is C21H21N3O3. The number of Topliss-reactive ketones (excluding diaryl/α,β-unsaturated/α-hetero) is 1. The molecule has 0 aliphatic rings. The van der Waals surface area contributed by atoms with Gasteiger partial charge in [0.05, 0.1) is 12.6 Å². The second-order valence-corrected chi connectivity index (χ2v) is 6.26. The zero-order chi connectivity index (χ0) is 19.4. The van der Waals surface area contributed by atoms with Crippen LogP contribution in [0.3, 0.4) is 0 Å². The highest BCUT2D eigenvalue weighted by molar-refractivity contribution is 5.95. The number of aromatic nitrogens is 2. The number of anilines is 1. The number of benzene rings is 1. The Bertz CT molecular complexity index is 947. The van der Waals surface area contributed by atoms with Crippen molar-refractivity contribution >= 4 is 17.4 Å². The minimum absolute atomic E-state index is 0.0673. The number of carbonyl (C=O) groups excluding carboxylic acids is 2. The fourth-order valence-corrected chi connectivity index (χ4v) is 2.85. The maximum absolute atomic E-state index is 12.2. The molecule has 2 aromatic heterocycles. The number of amides is 1. The van der Waals surface area contributed by atoms with Crippen molar-refractivity contribution < 1.29 is 14.0 Å². The van der Waals surface area contributed by atoms with Gasteiger partial charge in [0.2, 0.25) is 11.8 Å². The van der Waals surface area contributed by atoms with Gasteiger partial charge < -0.3 is 9.32 Å². The molecule has 0 bridgehead atoms. The minimum atomic E-state index is -0.143. The van der Waals surface area contributed by atoms with E-state index in [0.717, 1.165) is 22.4 Å². The summed E-state index contributed by atoms with van der Waals surface area (Å²) in [7, 11) is 1.77. The quantitative estimate of drug-likeness (QED) is 0.622. The highest BCUT2D eigenvalue weighted by atomic mass is 16.3. The van der Waals surface area contributed by atoms with Crippen molar-refractivity contribution in [2.45, 2.75) is 26.7 Å². The van der Waals surface area contributed by atoms with Crippen molar-refractivity contribution in [3.8, 4) is 11.1 Å². The summed E-state index contributed by atoms with van der Waals surface area (Å²) in [6.45, 7) is 3.83. The molecule has 0 saturated heterocycles. The third-order valence-corrected chi connectivity index (χ3v) is 4.43. The van der Waals surface area contributed by atoms with Gasteiger partial charge in [-0.1, -0.05) is 19.1 Å². The van der Waals surface area contributed by atoms with Crippen LogP contribution in [0.15, 0.2) is 53.4 Å². The lowest BCUT2D eigenvalue weighted by Gasteiger charge is -2.18. The largest absolute Gasteiger partial charge is 0.449 e. The molecule has 0 saturated carbocycles. The van der Waals surface area contributed by atoms with Crippen LogP contribution in [0.4, 0.5) is 5.69 Å². The smallest absolute Gasteiger partial charge is 0.226 e. The van der Waals surface area contributed by atoms with E-state index in [-0.39, 0.29) is 18.1 Å². The van der Waals surface area contributed by atoms with Gasteiger partial charge in [-0.3, -0.25) is 14.6 Å². The minimum Gasteiger partial charge on any atom is -0.449 e.